The number of urea groups is 1. The Morgan fingerprint density at radius 3 is 2.44 bits per heavy atom. The summed E-state index contributed by atoms with van der Waals surface area (Å²) in [4.78, 5) is 24.9. The van der Waals surface area contributed by atoms with Crippen molar-refractivity contribution in [2.75, 3.05) is 6.54 Å². The highest BCUT2D eigenvalue weighted by Crippen LogP contribution is 2.24. The molecule has 0 bridgehead atoms. The molecule has 0 saturated heterocycles. The molecule has 2 amide bonds. The van der Waals surface area contributed by atoms with Gasteiger partial charge in [0.2, 0.25) is 0 Å². The number of rotatable bonds is 4. The van der Waals surface area contributed by atoms with Crippen LogP contribution in [0.4, 0.5) is 4.79 Å². The van der Waals surface area contributed by atoms with Crippen LogP contribution in [0, 0.1) is 5.92 Å². The molecule has 5 heteroatoms. The van der Waals surface area contributed by atoms with Crippen LogP contribution in [0.15, 0.2) is 0 Å². The van der Waals surface area contributed by atoms with E-state index in [0.29, 0.717) is 13.0 Å². The van der Waals surface area contributed by atoms with E-state index in [1.54, 1.807) is 4.90 Å². The molecule has 0 radical (unpaired) electrons. The second-order valence-electron chi connectivity index (χ2n) is 5.16. The van der Waals surface area contributed by atoms with Crippen molar-refractivity contribution in [3.8, 4) is 0 Å². The van der Waals surface area contributed by atoms with E-state index in [4.69, 9.17) is 5.11 Å². The molecule has 0 aromatic rings. The van der Waals surface area contributed by atoms with Crippen LogP contribution in [0.5, 0.6) is 0 Å². The Bertz CT molecular complexity index is 305. The largest absolute Gasteiger partial charge is 0.481 e. The van der Waals surface area contributed by atoms with E-state index in [2.05, 4.69) is 5.32 Å². The molecule has 104 valence electrons. The van der Waals surface area contributed by atoms with Gasteiger partial charge in [-0.25, -0.2) is 4.79 Å². The van der Waals surface area contributed by atoms with Crippen LogP contribution in [0.25, 0.3) is 0 Å². The third-order valence-electron chi connectivity index (χ3n) is 3.62. The summed E-state index contributed by atoms with van der Waals surface area (Å²) < 4.78 is 0. The lowest BCUT2D eigenvalue weighted by atomic mass is 9.84. The first kappa shape index (κ1) is 14.8. The minimum absolute atomic E-state index is 0.127. The minimum atomic E-state index is -0.799. The van der Waals surface area contributed by atoms with Gasteiger partial charge in [0, 0.05) is 18.6 Å². The Hall–Kier alpha value is -1.26. The zero-order valence-corrected chi connectivity index (χ0v) is 11.5. The fraction of sp³-hybridized carbons (Fsp3) is 0.846. The number of carboxylic acid groups (broad SMARTS) is 1. The van der Waals surface area contributed by atoms with E-state index >= 15 is 0 Å². The van der Waals surface area contributed by atoms with E-state index in [1.165, 1.54) is 0 Å². The van der Waals surface area contributed by atoms with Crippen LogP contribution in [0.1, 0.15) is 46.5 Å². The number of carbonyl (C=O) groups is 2. The van der Waals surface area contributed by atoms with Crippen molar-refractivity contribution in [1.82, 2.24) is 10.2 Å². The molecule has 0 aliphatic heterocycles. The maximum Gasteiger partial charge on any atom is 0.317 e. The van der Waals surface area contributed by atoms with Gasteiger partial charge >= 0.3 is 12.0 Å². The number of carbonyl (C=O) groups excluding carboxylic acids is 1. The van der Waals surface area contributed by atoms with E-state index in [0.717, 1.165) is 19.3 Å². The average molecular weight is 256 g/mol. The molecule has 0 heterocycles. The van der Waals surface area contributed by atoms with Crippen molar-refractivity contribution in [3.05, 3.63) is 0 Å². The number of amides is 2. The summed E-state index contributed by atoms with van der Waals surface area (Å²) in [6, 6.07) is -0.246. The lowest BCUT2D eigenvalue weighted by molar-refractivity contribution is -0.143. The SMILES string of the molecule is CCN(C(=O)NC1CCCCC1C(=O)O)C(C)C. The van der Waals surface area contributed by atoms with Crippen LogP contribution in [0.2, 0.25) is 0 Å². The molecule has 2 unspecified atom stereocenters. The maximum absolute atomic E-state index is 12.1. The zero-order valence-electron chi connectivity index (χ0n) is 11.5. The van der Waals surface area contributed by atoms with E-state index < -0.39 is 11.9 Å². The molecular formula is C13H24N2O3. The van der Waals surface area contributed by atoms with Gasteiger partial charge in [-0.3, -0.25) is 4.79 Å². The Morgan fingerprint density at radius 2 is 1.94 bits per heavy atom. The topological polar surface area (TPSA) is 69.6 Å². The highest BCUT2D eigenvalue weighted by atomic mass is 16.4. The van der Waals surface area contributed by atoms with Crippen molar-refractivity contribution in [1.29, 1.82) is 0 Å². The van der Waals surface area contributed by atoms with Gasteiger partial charge in [-0.15, -0.1) is 0 Å². The van der Waals surface area contributed by atoms with Gasteiger partial charge in [0.15, 0.2) is 0 Å². The monoisotopic (exact) mass is 256 g/mol. The highest BCUT2D eigenvalue weighted by Gasteiger charge is 2.32. The molecule has 0 aromatic carbocycles. The summed E-state index contributed by atoms with van der Waals surface area (Å²) in [5.41, 5.74) is 0. The molecule has 1 aliphatic rings. The standard InChI is InChI=1S/C13H24N2O3/c1-4-15(9(2)3)13(18)14-11-8-6-5-7-10(11)12(16)17/h9-11H,4-8H2,1-3H3,(H,14,18)(H,16,17). The summed E-state index contributed by atoms with van der Waals surface area (Å²) >= 11 is 0. The number of aliphatic carboxylic acids is 1. The average Bonchev–Trinajstić information content (AvgIpc) is 2.29. The molecule has 1 saturated carbocycles. The molecule has 1 rings (SSSR count). The first-order valence-electron chi connectivity index (χ1n) is 6.77. The van der Waals surface area contributed by atoms with Crippen molar-refractivity contribution < 1.29 is 14.7 Å². The van der Waals surface area contributed by atoms with Crippen molar-refractivity contribution in [3.63, 3.8) is 0 Å². The lowest BCUT2D eigenvalue weighted by Gasteiger charge is -2.33. The summed E-state index contributed by atoms with van der Waals surface area (Å²) in [7, 11) is 0. The summed E-state index contributed by atoms with van der Waals surface area (Å²) in [6.45, 7) is 6.47. The third-order valence-corrected chi connectivity index (χ3v) is 3.62. The Morgan fingerprint density at radius 1 is 1.33 bits per heavy atom. The second-order valence-corrected chi connectivity index (χ2v) is 5.16. The number of hydrogen-bond acceptors (Lipinski definition) is 2. The Balaban J connectivity index is 2.63. The molecule has 18 heavy (non-hydrogen) atoms. The maximum atomic E-state index is 12.1. The van der Waals surface area contributed by atoms with Crippen LogP contribution in [-0.4, -0.2) is 40.6 Å². The second kappa shape index (κ2) is 6.61. The summed E-state index contributed by atoms with van der Waals surface area (Å²) in [5.74, 6) is -1.24. The molecule has 2 N–H and O–H groups in total. The van der Waals surface area contributed by atoms with Gasteiger partial charge in [-0.2, -0.15) is 0 Å². The molecular weight excluding hydrogens is 232 g/mol. The number of nitrogens with one attached hydrogen (secondary N) is 1. The van der Waals surface area contributed by atoms with Gasteiger partial charge in [-0.05, 0) is 33.6 Å². The van der Waals surface area contributed by atoms with Crippen molar-refractivity contribution >= 4 is 12.0 Å². The molecule has 0 spiro atoms. The van der Waals surface area contributed by atoms with E-state index in [1.807, 2.05) is 20.8 Å². The van der Waals surface area contributed by atoms with Crippen LogP contribution in [-0.2, 0) is 4.79 Å². The highest BCUT2D eigenvalue weighted by molar-refractivity contribution is 5.77. The summed E-state index contributed by atoms with van der Waals surface area (Å²) in [5, 5.41) is 12.1. The van der Waals surface area contributed by atoms with Crippen LogP contribution < -0.4 is 5.32 Å². The lowest BCUT2D eigenvalue weighted by Crippen LogP contribution is -2.51. The minimum Gasteiger partial charge on any atom is -0.481 e. The fourth-order valence-electron chi connectivity index (χ4n) is 2.58. The molecule has 1 aliphatic carbocycles. The number of carboxylic acids is 1. The molecule has 1 fully saturated rings. The smallest absolute Gasteiger partial charge is 0.317 e. The Kier molecular flexibility index (Phi) is 5.44. The normalized spacial score (nSPS) is 23.8. The third kappa shape index (κ3) is 3.62. The molecule has 5 nitrogen and oxygen atoms in total. The van der Waals surface area contributed by atoms with Gasteiger partial charge in [0.05, 0.1) is 5.92 Å². The summed E-state index contributed by atoms with van der Waals surface area (Å²) in [6.07, 6.45) is 3.35. The van der Waals surface area contributed by atoms with Gasteiger partial charge < -0.3 is 15.3 Å². The first-order chi connectivity index (χ1) is 8.47. The number of nitrogens with zero attached hydrogens (tertiary/aromatic N) is 1. The van der Waals surface area contributed by atoms with E-state index in [9.17, 15) is 9.59 Å². The van der Waals surface area contributed by atoms with Crippen molar-refractivity contribution in [2.45, 2.75) is 58.5 Å². The van der Waals surface area contributed by atoms with Gasteiger partial charge in [0.25, 0.3) is 0 Å². The van der Waals surface area contributed by atoms with E-state index in [-0.39, 0.29) is 18.1 Å². The van der Waals surface area contributed by atoms with Crippen molar-refractivity contribution in [2.24, 2.45) is 5.92 Å². The fourth-order valence-corrected chi connectivity index (χ4v) is 2.58. The number of hydrogen-bond donors (Lipinski definition) is 2. The molecule has 2 atom stereocenters. The zero-order chi connectivity index (χ0) is 13.7. The quantitative estimate of drug-likeness (QED) is 0.809. The predicted molar refractivity (Wildman–Crippen MR) is 69.4 cm³/mol. The Labute approximate surface area is 109 Å². The predicted octanol–water partition coefficient (Wildman–Crippen LogP) is 2.07. The van der Waals surface area contributed by atoms with Gasteiger partial charge in [0.1, 0.15) is 0 Å². The first-order valence-corrected chi connectivity index (χ1v) is 6.77. The van der Waals surface area contributed by atoms with Crippen LogP contribution >= 0.6 is 0 Å². The molecule has 0 aromatic heterocycles. The van der Waals surface area contributed by atoms with Gasteiger partial charge in [-0.1, -0.05) is 12.8 Å². The van der Waals surface area contributed by atoms with Crippen LogP contribution in [0.3, 0.4) is 0 Å².